The van der Waals surface area contributed by atoms with Crippen LogP contribution in [0.15, 0.2) is 0 Å². The van der Waals surface area contributed by atoms with E-state index in [4.69, 9.17) is 9.84 Å². The predicted molar refractivity (Wildman–Crippen MR) is 56.4 cm³/mol. The Morgan fingerprint density at radius 1 is 1.27 bits per heavy atom. The number of methoxy groups -OCH3 is 1. The molecule has 0 aromatic carbocycles. The van der Waals surface area contributed by atoms with E-state index in [1.807, 2.05) is 6.92 Å². The first-order chi connectivity index (χ1) is 6.69. The maximum atomic E-state index is 11.5. The molecule has 0 heterocycles. The van der Waals surface area contributed by atoms with Crippen molar-refractivity contribution in [2.45, 2.75) is 40.5 Å². The normalized spacial score (nSPS) is 15.5. The molecule has 4 nitrogen and oxygen atoms in total. The number of hydrogen-bond donors (Lipinski definition) is 1. The Morgan fingerprint density at radius 2 is 1.73 bits per heavy atom. The number of ether oxygens (including phenoxy) is 1. The number of hydrogen-bond acceptors (Lipinski definition) is 3. The maximum absolute atomic E-state index is 11.5. The molecule has 0 amide bonds. The molecule has 0 radical (unpaired) electrons. The van der Waals surface area contributed by atoms with E-state index < -0.39 is 16.8 Å². The van der Waals surface area contributed by atoms with Crippen molar-refractivity contribution in [3.8, 4) is 0 Å². The third kappa shape index (κ3) is 3.22. The maximum Gasteiger partial charge on any atom is 0.311 e. The van der Waals surface area contributed by atoms with Crippen molar-refractivity contribution >= 4 is 11.9 Å². The highest BCUT2D eigenvalue weighted by Crippen LogP contribution is 2.37. The summed E-state index contributed by atoms with van der Waals surface area (Å²) in [6, 6.07) is 0. The van der Waals surface area contributed by atoms with E-state index >= 15 is 0 Å². The van der Waals surface area contributed by atoms with Crippen LogP contribution in [0, 0.1) is 10.8 Å². The molecule has 0 aliphatic heterocycles. The van der Waals surface area contributed by atoms with Crippen molar-refractivity contribution < 1.29 is 19.4 Å². The number of carboxylic acids is 1. The Hall–Kier alpha value is -1.06. The zero-order valence-corrected chi connectivity index (χ0v) is 10.1. The third-order valence-electron chi connectivity index (χ3n) is 2.87. The van der Waals surface area contributed by atoms with Crippen LogP contribution in [0.2, 0.25) is 0 Å². The quantitative estimate of drug-likeness (QED) is 0.714. The van der Waals surface area contributed by atoms with Gasteiger partial charge < -0.3 is 9.84 Å². The Morgan fingerprint density at radius 3 is 2.00 bits per heavy atom. The van der Waals surface area contributed by atoms with Crippen molar-refractivity contribution in [2.75, 3.05) is 7.11 Å². The summed E-state index contributed by atoms with van der Waals surface area (Å²) in [5.41, 5.74) is -1.64. The van der Waals surface area contributed by atoms with Gasteiger partial charge in [0.1, 0.15) is 0 Å². The zero-order chi connectivity index (χ0) is 12.3. The Labute approximate surface area is 90.6 Å². The summed E-state index contributed by atoms with van der Waals surface area (Å²) in [5.74, 6) is -1.24. The van der Waals surface area contributed by atoms with E-state index in [2.05, 4.69) is 0 Å². The standard InChI is InChI=1S/C11H20O4/c1-6-11(4,9(14)15-5)7-10(2,3)8(12)13/h6-7H2,1-5H3,(H,12,13). The molecule has 0 aromatic rings. The first kappa shape index (κ1) is 13.9. The van der Waals surface area contributed by atoms with Crippen molar-refractivity contribution in [1.29, 1.82) is 0 Å². The Kier molecular flexibility index (Phi) is 4.31. The molecular weight excluding hydrogens is 196 g/mol. The highest BCUT2D eigenvalue weighted by Gasteiger charge is 2.41. The third-order valence-corrected chi connectivity index (χ3v) is 2.87. The molecule has 0 bridgehead atoms. The van der Waals surface area contributed by atoms with Gasteiger partial charge in [-0.25, -0.2) is 0 Å². The molecule has 15 heavy (non-hydrogen) atoms. The van der Waals surface area contributed by atoms with Gasteiger partial charge in [0.25, 0.3) is 0 Å². The number of carbonyl (C=O) groups excluding carboxylic acids is 1. The van der Waals surface area contributed by atoms with Crippen LogP contribution < -0.4 is 0 Å². The van der Waals surface area contributed by atoms with E-state index in [-0.39, 0.29) is 12.4 Å². The Bertz CT molecular complexity index is 257. The van der Waals surface area contributed by atoms with Gasteiger partial charge in [-0.05, 0) is 33.6 Å². The predicted octanol–water partition coefficient (Wildman–Crippen LogP) is 2.08. The van der Waals surface area contributed by atoms with Crippen LogP contribution in [0.25, 0.3) is 0 Å². The molecule has 0 saturated carbocycles. The monoisotopic (exact) mass is 216 g/mol. The average Bonchev–Trinajstić information content (AvgIpc) is 2.15. The summed E-state index contributed by atoms with van der Waals surface area (Å²) in [6.45, 7) is 6.83. The van der Waals surface area contributed by atoms with Gasteiger partial charge in [0.05, 0.1) is 17.9 Å². The molecule has 0 spiro atoms. The van der Waals surface area contributed by atoms with E-state index in [1.54, 1.807) is 20.8 Å². The van der Waals surface area contributed by atoms with Crippen LogP contribution in [0.5, 0.6) is 0 Å². The van der Waals surface area contributed by atoms with Gasteiger partial charge in [-0.2, -0.15) is 0 Å². The molecule has 0 rings (SSSR count). The molecule has 0 aliphatic carbocycles. The van der Waals surface area contributed by atoms with E-state index in [9.17, 15) is 9.59 Å². The van der Waals surface area contributed by atoms with Crippen molar-refractivity contribution in [1.82, 2.24) is 0 Å². The van der Waals surface area contributed by atoms with Gasteiger partial charge in [0.15, 0.2) is 0 Å². The molecule has 0 saturated heterocycles. The average molecular weight is 216 g/mol. The molecule has 1 N–H and O–H groups in total. The summed E-state index contributed by atoms with van der Waals surface area (Å²) in [5, 5.41) is 9.00. The lowest BCUT2D eigenvalue weighted by molar-refractivity contribution is -0.158. The van der Waals surface area contributed by atoms with Crippen LogP contribution in [-0.2, 0) is 14.3 Å². The lowest BCUT2D eigenvalue weighted by Gasteiger charge is -2.31. The van der Waals surface area contributed by atoms with Crippen LogP contribution >= 0.6 is 0 Å². The van der Waals surface area contributed by atoms with E-state index in [0.29, 0.717) is 6.42 Å². The first-order valence-corrected chi connectivity index (χ1v) is 5.01. The molecule has 0 aliphatic rings. The highest BCUT2D eigenvalue weighted by atomic mass is 16.5. The van der Waals surface area contributed by atoms with Gasteiger partial charge in [0.2, 0.25) is 0 Å². The van der Waals surface area contributed by atoms with Crippen molar-refractivity contribution in [2.24, 2.45) is 10.8 Å². The van der Waals surface area contributed by atoms with Gasteiger partial charge in [-0.1, -0.05) is 6.92 Å². The molecule has 88 valence electrons. The van der Waals surface area contributed by atoms with Gasteiger partial charge >= 0.3 is 11.9 Å². The smallest absolute Gasteiger partial charge is 0.311 e. The molecule has 1 atom stereocenters. The largest absolute Gasteiger partial charge is 0.481 e. The minimum Gasteiger partial charge on any atom is -0.481 e. The van der Waals surface area contributed by atoms with Gasteiger partial charge in [0, 0.05) is 0 Å². The second kappa shape index (κ2) is 4.64. The number of rotatable bonds is 5. The van der Waals surface area contributed by atoms with Crippen molar-refractivity contribution in [3.63, 3.8) is 0 Å². The van der Waals surface area contributed by atoms with E-state index in [1.165, 1.54) is 7.11 Å². The number of carbonyl (C=O) groups is 2. The fraction of sp³-hybridized carbons (Fsp3) is 0.818. The number of carboxylic acid groups (broad SMARTS) is 1. The van der Waals surface area contributed by atoms with Crippen molar-refractivity contribution in [3.05, 3.63) is 0 Å². The fourth-order valence-electron chi connectivity index (χ4n) is 1.64. The minimum absolute atomic E-state index is 0.276. The zero-order valence-electron chi connectivity index (χ0n) is 10.1. The SMILES string of the molecule is CCC(C)(CC(C)(C)C(=O)O)C(=O)OC. The summed E-state index contributed by atoms with van der Waals surface area (Å²) in [6.07, 6.45) is 0.842. The topological polar surface area (TPSA) is 63.6 Å². The number of esters is 1. The van der Waals surface area contributed by atoms with Gasteiger partial charge in [-0.3, -0.25) is 9.59 Å². The first-order valence-electron chi connectivity index (χ1n) is 5.01. The van der Waals surface area contributed by atoms with Crippen LogP contribution in [0.3, 0.4) is 0 Å². The summed E-state index contributed by atoms with van der Waals surface area (Å²) in [7, 11) is 1.32. The molecular formula is C11H20O4. The van der Waals surface area contributed by atoms with Crippen LogP contribution in [0.4, 0.5) is 0 Å². The lowest BCUT2D eigenvalue weighted by Crippen LogP contribution is -2.37. The molecule has 0 aromatic heterocycles. The minimum atomic E-state index is -0.918. The second-order valence-corrected chi connectivity index (χ2v) is 4.77. The molecule has 4 heteroatoms. The summed E-state index contributed by atoms with van der Waals surface area (Å²) < 4.78 is 4.70. The van der Waals surface area contributed by atoms with E-state index in [0.717, 1.165) is 0 Å². The van der Waals surface area contributed by atoms with Gasteiger partial charge in [-0.15, -0.1) is 0 Å². The summed E-state index contributed by atoms with van der Waals surface area (Å²) >= 11 is 0. The molecule has 1 unspecified atom stereocenters. The summed E-state index contributed by atoms with van der Waals surface area (Å²) in [4.78, 5) is 22.5. The number of aliphatic carboxylic acids is 1. The highest BCUT2D eigenvalue weighted by molar-refractivity contribution is 5.79. The Balaban J connectivity index is 4.86. The van der Waals surface area contributed by atoms with Crippen LogP contribution in [-0.4, -0.2) is 24.2 Å². The molecule has 0 fully saturated rings. The fourth-order valence-corrected chi connectivity index (χ4v) is 1.64. The lowest BCUT2D eigenvalue weighted by atomic mass is 9.72. The van der Waals surface area contributed by atoms with Crippen LogP contribution in [0.1, 0.15) is 40.5 Å². The second-order valence-electron chi connectivity index (χ2n) is 4.77.